The molecule has 3 aromatic rings. The Hall–Kier alpha value is -3.50. The summed E-state index contributed by atoms with van der Waals surface area (Å²) in [6.45, 7) is 0. The first kappa shape index (κ1) is 15.4. The number of nitrogens with zero attached hydrogens (tertiary/aromatic N) is 2. The molecule has 0 aliphatic carbocycles. The van der Waals surface area contributed by atoms with Crippen molar-refractivity contribution in [1.29, 1.82) is 10.5 Å². The van der Waals surface area contributed by atoms with Crippen molar-refractivity contribution in [3.63, 3.8) is 0 Å². The Balaban J connectivity index is 2.29. The molecule has 0 atom stereocenters. The molecule has 0 heterocycles. The standard InChI is InChI=1S/C20H10F2N2/c21-19-10-20(22)18(16-8-4-2-6-14(16)12-24)9-17(19)15-7-3-1-5-13(15)11-23/h1-10H. The fraction of sp³-hybridized carbons (Fsp3) is 0. The molecule has 3 rings (SSSR count). The van der Waals surface area contributed by atoms with E-state index in [1.807, 2.05) is 12.1 Å². The van der Waals surface area contributed by atoms with Crippen LogP contribution in [0.25, 0.3) is 22.3 Å². The molecule has 2 nitrogen and oxygen atoms in total. The van der Waals surface area contributed by atoms with Gasteiger partial charge in [0, 0.05) is 28.3 Å². The Morgan fingerprint density at radius 3 is 1.42 bits per heavy atom. The van der Waals surface area contributed by atoms with Gasteiger partial charge in [0.05, 0.1) is 23.3 Å². The van der Waals surface area contributed by atoms with Crippen molar-refractivity contribution >= 4 is 0 Å². The van der Waals surface area contributed by atoms with E-state index in [0.29, 0.717) is 22.3 Å². The van der Waals surface area contributed by atoms with Crippen LogP contribution in [-0.4, -0.2) is 0 Å². The Morgan fingerprint density at radius 2 is 1.00 bits per heavy atom. The summed E-state index contributed by atoms with van der Waals surface area (Å²) in [5.41, 5.74) is 1.60. The van der Waals surface area contributed by atoms with Crippen molar-refractivity contribution in [2.45, 2.75) is 0 Å². The van der Waals surface area contributed by atoms with Crippen molar-refractivity contribution in [3.05, 3.63) is 83.4 Å². The molecule has 0 amide bonds. The SMILES string of the molecule is N#Cc1ccccc1-c1cc(-c2ccccc2C#N)c(F)cc1F. The lowest BCUT2D eigenvalue weighted by Crippen LogP contribution is -1.95. The minimum absolute atomic E-state index is 0.122. The molecular weight excluding hydrogens is 306 g/mol. The summed E-state index contributed by atoms with van der Waals surface area (Å²) in [6, 6.07) is 19.2. The zero-order valence-corrected chi connectivity index (χ0v) is 12.4. The second-order valence-corrected chi connectivity index (χ2v) is 5.13. The molecule has 0 aliphatic rings. The lowest BCUT2D eigenvalue weighted by Gasteiger charge is -2.11. The van der Waals surface area contributed by atoms with Crippen LogP contribution < -0.4 is 0 Å². The summed E-state index contributed by atoms with van der Waals surface area (Å²) in [4.78, 5) is 0. The lowest BCUT2D eigenvalue weighted by molar-refractivity contribution is 0.588. The van der Waals surface area contributed by atoms with Crippen LogP contribution in [-0.2, 0) is 0 Å². The molecule has 0 aromatic heterocycles. The van der Waals surface area contributed by atoms with E-state index in [0.717, 1.165) is 6.07 Å². The molecule has 0 spiro atoms. The maximum atomic E-state index is 14.3. The van der Waals surface area contributed by atoms with E-state index in [4.69, 9.17) is 0 Å². The second kappa shape index (κ2) is 6.32. The first-order chi connectivity index (χ1) is 11.7. The third kappa shape index (κ3) is 2.62. The fourth-order valence-electron chi connectivity index (χ4n) is 2.59. The van der Waals surface area contributed by atoms with Gasteiger partial charge in [-0.25, -0.2) is 8.78 Å². The number of nitriles is 2. The molecule has 24 heavy (non-hydrogen) atoms. The van der Waals surface area contributed by atoms with Gasteiger partial charge in [-0.05, 0) is 18.2 Å². The third-order valence-electron chi connectivity index (χ3n) is 3.73. The van der Waals surface area contributed by atoms with E-state index in [2.05, 4.69) is 0 Å². The van der Waals surface area contributed by atoms with Gasteiger partial charge in [0.25, 0.3) is 0 Å². The zero-order chi connectivity index (χ0) is 17.1. The van der Waals surface area contributed by atoms with Gasteiger partial charge in [-0.3, -0.25) is 0 Å². The molecule has 0 radical (unpaired) electrons. The molecule has 0 bridgehead atoms. The van der Waals surface area contributed by atoms with Gasteiger partial charge in [0.15, 0.2) is 0 Å². The quantitative estimate of drug-likeness (QED) is 0.665. The van der Waals surface area contributed by atoms with Crippen molar-refractivity contribution in [2.24, 2.45) is 0 Å². The smallest absolute Gasteiger partial charge is 0.134 e. The predicted molar refractivity (Wildman–Crippen MR) is 86.7 cm³/mol. The van der Waals surface area contributed by atoms with Crippen molar-refractivity contribution in [1.82, 2.24) is 0 Å². The van der Waals surface area contributed by atoms with Crippen LogP contribution in [0.2, 0.25) is 0 Å². The van der Waals surface area contributed by atoms with Gasteiger partial charge in [-0.2, -0.15) is 10.5 Å². The van der Waals surface area contributed by atoms with Crippen LogP contribution in [0.3, 0.4) is 0 Å². The van der Waals surface area contributed by atoms with Crippen LogP contribution in [0.4, 0.5) is 8.78 Å². The first-order valence-corrected chi connectivity index (χ1v) is 7.13. The molecular formula is C20H10F2N2. The maximum absolute atomic E-state index is 14.3. The molecule has 0 aliphatic heterocycles. The van der Waals surface area contributed by atoms with Crippen LogP contribution in [0, 0.1) is 34.3 Å². The van der Waals surface area contributed by atoms with Crippen molar-refractivity contribution < 1.29 is 8.78 Å². The van der Waals surface area contributed by atoms with Crippen LogP contribution in [0.15, 0.2) is 60.7 Å². The summed E-state index contributed by atoms with van der Waals surface area (Å²) in [5.74, 6) is -1.51. The summed E-state index contributed by atoms with van der Waals surface area (Å²) in [7, 11) is 0. The fourth-order valence-corrected chi connectivity index (χ4v) is 2.59. The van der Waals surface area contributed by atoms with E-state index in [1.165, 1.54) is 6.07 Å². The van der Waals surface area contributed by atoms with Gasteiger partial charge in [-0.1, -0.05) is 36.4 Å². The highest BCUT2D eigenvalue weighted by molar-refractivity contribution is 5.79. The van der Waals surface area contributed by atoms with E-state index >= 15 is 0 Å². The Kier molecular flexibility index (Phi) is 4.05. The van der Waals surface area contributed by atoms with Gasteiger partial charge >= 0.3 is 0 Å². The highest BCUT2D eigenvalue weighted by Gasteiger charge is 2.16. The zero-order valence-electron chi connectivity index (χ0n) is 12.4. The number of benzene rings is 3. The minimum atomic E-state index is -0.756. The summed E-state index contributed by atoms with van der Waals surface area (Å²) in [5, 5.41) is 18.4. The molecule has 114 valence electrons. The molecule has 0 fully saturated rings. The average Bonchev–Trinajstić information content (AvgIpc) is 2.62. The average molecular weight is 316 g/mol. The Morgan fingerprint density at radius 1 is 0.583 bits per heavy atom. The number of hydrogen-bond acceptors (Lipinski definition) is 2. The van der Waals surface area contributed by atoms with E-state index in [1.54, 1.807) is 48.5 Å². The van der Waals surface area contributed by atoms with Crippen molar-refractivity contribution in [3.8, 4) is 34.4 Å². The highest BCUT2D eigenvalue weighted by Crippen LogP contribution is 2.34. The largest absolute Gasteiger partial charge is 0.206 e. The predicted octanol–water partition coefficient (Wildman–Crippen LogP) is 5.04. The summed E-state index contributed by atoms with van der Waals surface area (Å²) >= 11 is 0. The summed E-state index contributed by atoms with van der Waals surface area (Å²) < 4.78 is 28.6. The van der Waals surface area contributed by atoms with Crippen LogP contribution in [0.1, 0.15) is 11.1 Å². The second-order valence-electron chi connectivity index (χ2n) is 5.13. The first-order valence-electron chi connectivity index (χ1n) is 7.13. The van der Waals surface area contributed by atoms with E-state index < -0.39 is 11.6 Å². The Bertz CT molecular complexity index is 932. The third-order valence-corrected chi connectivity index (χ3v) is 3.73. The molecule has 0 saturated carbocycles. The highest BCUT2D eigenvalue weighted by atomic mass is 19.1. The monoisotopic (exact) mass is 316 g/mol. The van der Waals surface area contributed by atoms with Crippen LogP contribution in [0.5, 0.6) is 0 Å². The number of rotatable bonds is 2. The van der Waals surface area contributed by atoms with E-state index in [-0.39, 0.29) is 11.1 Å². The molecule has 0 saturated heterocycles. The van der Waals surface area contributed by atoms with Crippen molar-refractivity contribution in [2.75, 3.05) is 0 Å². The van der Waals surface area contributed by atoms with Gasteiger partial charge in [0.2, 0.25) is 0 Å². The van der Waals surface area contributed by atoms with Gasteiger partial charge < -0.3 is 0 Å². The van der Waals surface area contributed by atoms with Gasteiger partial charge in [0.1, 0.15) is 11.6 Å². The molecule has 0 unspecified atom stereocenters. The molecule has 4 heteroatoms. The van der Waals surface area contributed by atoms with Crippen LogP contribution >= 0.6 is 0 Å². The van der Waals surface area contributed by atoms with Gasteiger partial charge in [-0.15, -0.1) is 0 Å². The Labute approximate surface area is 137 Å². The number of hydrogen-bond donors (Lipinski definition) is 0. The normalized spacial score (nSPS) is 10.0. The maximum Gasteiger partial charge on any atom is 0.134 e. The molecule has 0 N–H and O–H groups in total. The van der Waals surface area contributed by atoms with E-state index in [9.17, 15) is 19.3 Å². The lowest BCUT2D eigenvalue weighted by atomic mass is 9.93. The number of halogens is 2. The topological polar surface area (TPSA) is 47.6 Å². The summed E-state index contributed by atoms with van der Waals surface area (Å²) in [6.07, 6.45) is 0. The molecule has 3 aromatic carbocycles. The minimum Gasteiger partial charge on any atom is -0.206 e.